The predicted octanol–water partition coefficient (Wildman–Crippen LogP) is 3.45. The molecular weight excluding hydrogens is 250 g/mol. The predicted molar refractivity (Wildman–Crippen MR) is 80.0 cm³/mol. The molecular formula is C16H17N3O. The van der Waals surface area contributed by atoms with Gasteiger partial charge in [-0.3, -0.25) is 20.0 Å². The fraction of sp³-hybridized carbons (Fsp3) is 0.375. The van der Waals surface area contributed by atoms with E-state index in [4.69, 9.17) is 0 Å². The number of nitrogens with one attached hydrogen (secondary N) is 2. The molecule has 0 atom stereocenters. The quantitative estimate of drug-likeness (QED) is 0.709. The lowest BCUT2D eigenvalue weighted by Gasteiger charge is -2.22. The van der Waals surface area contributed by atoms with Crippen LogP contribution in [-0.4, -0.2) is 15.2 Å². The van der Waals surface area contributed by atoms with Crippen LogP contribution < -0.4 is 5.56 Å². The van der Waals surface area contributed by atoms with Crippen molar-refractivity contribution in [1.29, 1.82) is 0 Å². The lowest BCUT2D eigenvalue weighted by Crippen LogP contribution is -2.04. The van der Waals surface area contributed by atoms with Gasteiger partial charge >= 0.3 is 0 Å². The number of aromatic nitrogens is 3. The highest BCUT2D eigenvalue weighted by Gasteiger charge is 2.16. The normalized spacial score (nSPS) is 17.0. The molecule has 0 aliphatic heterocycles. The molecule has 1 fully saturated rings. The van der Waals surface area contributed by atoms with Crippen molar-refractivity contribution in [2.45, 2.75) is 38.0 Å². The molecule has 2 aromatic heterocycles. The zero-order valence-electron chi connectivity index (χ0n) is 11.3. The van der Waals surface area contributed by atoms with E-state index in [1.54, 1.807) is 6.20 Å². The number of pyridine rings is 1. The van der Waals surface area contributed by atoms with Gasteiger partial charge < -0.3 is 0 Å². The van der Waals surface area contributed by atoms with Crippen molar-refractivity contribution in [3.8, 4) is 0 Å². The summed E-state index contributed by atoms with van der Waals surface area (Å²) < 4.78 is 0. The summed E-state index contributed by atoms with van der Waals surface area (Å²) >= 11 is 0. The Morgan fingerprint density at radius 1 is 1.05 bits per heavy atom. The summed E-state index contributed by atoms with van der Waals surface area (Å²) in [5, 5.41) is 7.31. The fourth-order valence-corrected chi connectivity index (χ4v) is 3.39. The number of rotatable bonds is 1. The van der Waals surface area contributed by atoms with Gasteiger partial charge in [-0.2, -0.15) is 0 Å². The van der Waals surface area contributed by atoms with E-state index in [1.165, 1.54) is 37.7 Å². The maximum atomic E-state index is 11.7. The number of H-pyrrole nitrogens is 2. The molecule has 1 aliphatic rings. The summed E-state index contributed by atoms with van der Waals surface area (Å²) in [6.45, 7) is 0. The zero-order chi connectivity index (χ0) is 13.5. The van der Waals surface area contributed by atoms with Gasteiger partial charge in [-0.15, -0.1) is 0 Å². The number of fused-ring (bicyclic) bond motifs is 3. The molecule has 0 unspecified atom stereocenters. The molecule has 1 aliphatic carbocycles. The highest BCUT2D eigenvalue weighted by atomic mass is 16.1. The van der Waals surface area contributed by atoms with Crippen LogP contribution >= 0.6 is 0 Å². The van der Waals surface area contributed by atoms with Crippen molar-refractivity contribution >= 4 is 21.8 Å². The maximum Gasteiger partial charge on any atom is 0.273 e. The minimum absolute atomic E-state index is 0.0996. The third kappa shape index (κ3) is 1.75. The number of hydrogen-bond acceptors (Lipinski definition) is 2. The van der Waals surface area contributed by atoms with Gasteiger partial charge in [-0.05, 0) is 36.5 Å². The van der Waals surface area contributed by atoms with E-state index in [9.17, 15) is 4.79 Å². The average Bonchev–Trinajstić information content (AvgIpc) is 2.89. The Hall–Kier alpha value is -2.10. The van der Waals surface area contributed by atoms with Crippen LogP contribution in [0.1, 0.15) is 43.6 Å². The molecule has 0 radical (unpaired) electrons. The Labute approximate surface area is 116 Å². The lowest BCUT2D eigenvalue weighted by atomic mass is 9.83. The van der Waals surface area contributed by atoms with Crippen molar-refractivity contribution in [2.24, 2.45) is 0 Å². The second kappa shape index (κ2) is 4.47. The minimum atomic E-state index is -0.0996. The van der Waals surface area contributed by atoms with Crippen molar-refractivity contribution in [2.75, 3.05) is 0 Å². The van der Waals surface area contributed by atoms with Crippen molar-refractivity contribution < 1.29 is 0 Å². The van der Waals surface area contributed by atoms with Crippen LogP contribution in [-0.2, 0) is 0 Å². The first-order valence-electron chi connectivity index (χ1n) is 7.32. The van der Waals surface area contributed by atoms with E-state index in [2.05, 4.69) is 33.4 Å². The molecule has 4 heteroatoms. The second-order valence-electron chi connectivity index (χ2n) is 5.74. The number of benzene rings is 1. The first-order valence-corrected chi connectivity index (χ1v) is 7.32. The van der Waals surface area contributed by atoms with Crippen molar-refractivity contribution in [1.82, 2.24) is 15.2 Å². The highest BCUT2D eigenvalue weighted by Crippen LogP contribution is 2.34. The van der Waals surface area contributed by atoms with E-state index in [1.807, 2.05) is 0 Å². The lowest BCUT2D eigenvalue weighted by molar-refractivity contribution is 0.444. The SMILES string of the molecule is O=c1[nH][nH]c2c1cnc1ccc(C3CCCCC3)cc12. The van der Waals surface area contributed by atoms with Crippen LogP contribution in [0.25, 0.3) is 21.8 Å². The van der Waals surface area contributed by atoms with Crippen LogP contribution in [0.2, 0.25) is 0 Å². The van der Waals surface area contributed by atoms with Crippen LogP contribution in [0.5, 0.6) is 0 Å². The van der Waals surface area contributed by atoms with E-state index < -0.39 is 0 Å². The summed E-state index contributed by atoms with van der Waals surface area (Å²) in [6.07, 6.45) is 8.21. The first-order chi connectivity index (χ1) is 9.83. The molecule has 3 aromatic rings. The Morgan fingerprint density at radius 2 is 1.90 bits per heavy atom. The van der Waals surface area contributed by atoms with E-state index in [0.717, 1.165) is 16.4 Å². The average molecular weight is 267 g/mol. The number of nitrogens with zero attached hydrogens (tertiary/aromatic N) is 1. The standard InChI is InChI=1S/C16H17N3O/c20-16-13-9-17-14-7-6-11(10-4-2-1-3-5-10)8-12(14)15(13)18-19-16/h6-10H,1-5H2,(H2,18,19,20). The summed E-state index contributed by atoms with van der Waals surface area (Å²) in [5.41, 5.74) is 3.09. The van der Waals surface area contributed by atoms with E-state index in [-0.39, 0.29) is 5.56 Å². The molecule has 2 N–H and O–H groups in total. The third-order valence-electron chi connectivity index (χ3n) is 4.51. The Bertz CT molecular complexity index is 824. The third-order valence-corrected chi connectivity index (χ3v) is 4.51. The number of aromatic amines is 2. The van der Waals surface area contributed by atoms with Gasteiger partial charge in [0.1, 0.15) is 0 Å². The van der Waals surface area contributed by atoms with Crippen LogP contribution in [0, 0.1) is 0 Å². The van der Waals surface area contributed by atoms with E-state index >= 15 is 0 Å². The van der Waals surface area contributed by atoms with Crippen LogP contribution in [0.15, 0.2) is 29.2 Å². The van der Waals surface area contributed by atoms with Gasteiger partial charge in [0.15, 0.2) is 0 Å². The fourth-order valence-electron chi connectivity index (χ4n) is 3.39. The van der Waals surface area contributed by atoms with Gasteiger partial charge in [0.2, 0.25) is 0 Å². The molecule has 0 amide bonds. The second-order valence-corrected chi connectivity index (χ2v) is 5.74. The van der Waals surface area contributed by atoms with Gasteiger partial charge in [-0.25, -0.2) is 0 Å². The monoisotopic (exact) mass is 267 g/mol. The van der Waals surface area contributed by atoms with Gasteiger partial charge in [0, 0.05) is 11.6 Å². The van der Waals surface area contributed by atoms with E-state index in [0.29, 0.717) is 11.3 Å². The Morgan fingerprint density at radius 3 is 2.75 bits per heavy atom. The molecule has 0 bridgehead atoms. The smallest absolute Gasteiger partial charge is 0.273 e. The maximum absolute atomic E-state index is 11.7. The molecule has 2 heterocycles. The molecule has 4 nitrogen and oxygen atoms in total. The van der Waals surface area contributed by atoms with Crippen molar-refractivity contribution in [3.63, 3.8) is 0 Å². The van der Waals surface area contributed by atoms with Crippen LogP contribution in [0.3, 0.4) is 0 Å². The molecule has 1 aromatic carbocycles. The summed E-state index contributed by atoms with van der Waals surface area (Å²) in [6, 6.07) is 6.48. The Kier molecular flexibility index (Phi) is 2.62. The summed E-state index contributed by atoms with van der Waals surface area (Å²) in [7, 11) is 0. The molecule has 1 saturated carbocycles. The van der Waals surface area contributed by atoms with Gasteiger partial charge in [0.05, 0.1) is 16.4 Å². The number of hydrogen-bond donors (Lipinski definition) is 2. The van der Waals surface area contributed by atoms with Gasteiger partial charge in [0.25, 0.3) is 5.56 Å². The largest absolute Gasteiger partial charge is 0.297 e. The molecule has 102 valence electrons. The topological polar surface area (TPSA) is 61.5 Å². The summed E-state index contributed by atoms with van der Waals surface area (Å²) in [5.74, 6) is 0.661. The molecule has 20 heavy (non-hydrogen) atoms. The van der Waals surface area contributed by atoms with Crippen LogP contribution in [0.4, 0.5) is 0 Å². The highest BCUT2D eigenvalue weighted by molar-refractivity contribution is 6.02. The minimum Gasteiger partial charge on any atom is -0.297 e. The summed E-state index contributed by atoms with van der Waals surface area (Å²) in [4.78, 5) is 16.1. The molecule has 4 rings (SSSR count). The Balaban J connectivity index is 1.92. The van der Waals surface area contributed by atoms with Crippen molar-refractivity contribution in [3.05, 3.63) is 40.3 Å². The molecule has 0 saturated heterocycles. The molecule has 0 spiro atoms. The zero-order valence-corrected chi connectivity index (χ0v) is 11.3. The van der Waals surface area contributed by atoms with Gasteiger partial charge in [-0.1, -0.05) is 25.3 Å². The first kappa shape index (κ1) is 11.7.